The Labute approximate surface area is 115 Å². The predicted octanol–water partition coefficient (Wildman–Crippen LogP) is 1.21. The van der Waals surface area contributed by atoms with E-state index < -0.39 is 5.97 Å². The zero-order valence-electron chi connectivity index (χ0n) is 10.8. The van der Waals surface area contributed by atoms with Crippen LogP contribution in [0, 0.1) is 11.3 Å². The number of hydrogen-bond acceptors (Lipinski definition) is 7. The summed E-state index contributed by atoms with van der Waals surface area (Å²) in [6, 6.07) is 2.01. The number of nitrogens with zero attached hydrogens (tertiary/aromatic N) is 2. The van der Waals surface area contributed by atoms with Gasteiger partial charge in [0.25, 0.3) is 0 Å². The highest BCUT2D eigenvalue weighted by Crippen LogP contribution is 2.39. The van der Waals surface area contributed by atoms with Gasteiger partial charge in [-0.1, -0.05) is 0 Å². The molecule has 0 aliphatic carbocycles. The molecule has 1 saturated heterocycles. The number of anilines is 2. The number of ether oxygens (including phenoxy) is 2. The molecule has 1 aliphatic rings. The van der Waals surface area contributed by atoms with Gasteiger partial charge in [0.1, 0.15) is 21.5 Å². The van der Waals surface area contributed by atoms with Crippen molar-refractivity contribution in [3.8, 4) is 6.07 Å². The number of methoxy groups -OCH3 is 2. The standard InChI is InChI=1S/C12H15N3O3S/c1-17-7-3-4-15(6-7)11-9(12(16)18-2)10(14)8(5-13)19-11/h7H,3-4,6,14H2,1-2H3. The largest absolute Gasteiger partial charge is 0.465 e. The van der Waals surface area contributed by atoms with Crippen molar-refractivity contribution in [2.75, 3.05) is 37.9 Å². The molecule has 0 saturated carbocycles. The van der Waals surface area contributed by atoms with Crippen molar-refractivity contribution in [3.05, 3.63) is 10.4 Å². The summed E-state index contributed by atoms with van der Waals surface area (Å²) >= 11 is 1.22. The lowest BCUT2D eigenvalue weighted by Crippen LogP contribution is -2.23. The van der Waals surface area contributed by atoms with Crippen molar-refractivity contribution in [1.82, 2.24) is 0 Å². The number of thiophene rings is 1. The van der Waals surface area contributed by atoms with Crippen LogP contribution in [-0.4, -0.2) is 39.4 Å². The van der Waals surface area contributed by atoms with Gasteiger partial charge in [0, 0.05) is 20.2 Å². The van der Waals surface area contributed by atoms with E-state index in [1.165, 1.54) is 18.4 Å². The molecule has 2 heterocycles. The zero-order valence-corrected chi connectivity index (χ0v) is 11.6. The first-order valence-electron chi connectivity index (χ1n) is 5.80. The van der Waals surface area contributed by atoms with Crippen molar-refractivity contribution in [1.29, 1.82) is 5.26 Å². The quantitative estimate of drug-likeness (QED) is 0.838. The molecule has 7 heteroatoms. The van der Waals surface area contributed by atoms with E-state index in [9.17, 15) is 4.79 Å². The molecule has 1 aromatic heterocycles. The second kappa shape index (κ2) is 5.47. The summed E-state index contributed by atoms with van der Waals surface area (Å²) in [6.07, 6.45) is 1.02. The Hall–Kier alpha value is -1.78. The van der Waals surface area contributed by atoms with Crippen molar-refractivity contribution >= 4 is 28.0 Å². The van der Waals surface area contributed by atoms with Gasteiger partial charge in [-0.25, -0.2) is 4.79 Å². The van der Waals surface area contributed by atoms with E-state index in [-0.39, 0.29) is 11.8 Å². The lowest BCUT2D eigenvalue weighted by atomic mass is 10.2. The highest BCUT2D eigenvalue weighted by atomic mass is 32.1. The number of nitrogens with two attached hydrogens (primary N) is 1. The fourth-order valence-corrected chi connectivity index (χ4v) is 3.18. The molecule has 1 atom stereocenters. The minimum Gasteiger partial charge on any atom is -0.465 e. The first kappa shape index (κ1) is 13.6. The number of carbonyl (C=O) groups is 1. The molecular formula is C12H15N3O3S. The Morgan fingerprint density at radius 2 is 2.32 bits per heavy atom. The molecule has 0 aromatic carbocycles. The Balaban J connectivity index is 2.40. The lowest BCUT2D eigenvalue weighted by molar-refractivity contribution is 0.0603. The molecule has 0 amide bonds. The minimum absolute atomic E-state index is 0.138. The monoisotopic (exact) mass is 281 g/mol. The van der Waals surface area contributed by atoms with Crippen LogP contribution in [0.2, 0.25) is 0 Å². The third kappa shape index (κ3) is 2.37. The topological polar surface area (TPSA) is 88.6 Å². The Morgan fingerprint density at radius 1 is 1.58 bits per heavy atom. The molecule has 1 fully saturated rings. The smallest absolute Gasteiger partial charge is 0.343 e. The molecule has 0 bridgehead atoms. The summed E-state index contributed by atoms with van der Waals surface area (Å²) in [6.45, 7) is 1.46. The van der Waals surface area contributed by atoms with E-state index in [0.717, 1.165) is 13.0 Å². The summed E-state index contributed by atoms with van der Waals surface area (Å²) in [5, 5.41) is 9.73. The Kier molecular flexibility index (Phi) is 3.93. The van der Waals surface area contributed by atoms with Crippen molar-refractivity contribution in [3.63, 3.8) is 0 Å². The van der Waals surface area contributed by atoms with E-state index in [2.05, 4.69) is 0 Å². The Morgan fingerprint density at radius 3 is 2.84 bits per heavy atom. The number of esters is 1. The average molecular weight is 281 g/mol. The summed E-state index contributed by atoms with van der Waals surface area (Å²) < 4.78 is 10.1. The third-order valence-corrected chi connectivity index (χ3v) is 4.35. The molecule has 2 N–H and O–H groups in total. The lowest BCUT2D eigenvalue weighted by Gasteiger charge is -2.17. The predicted molar refractivity (Wildman–Crippen MR) is 72.4 cm³/mol. The number of nitriles is 1. The SMILES string of the molecule is COC(=O)c1c(N2CCC(OC)C2)sc(C#N)c1N. The van der Waals surface area contributed by atoms with E-state index >= 15 is 0 Å². The first-order chi connectivity index (χ1) is 9.12. The van der Waals surface area contributed by atoms with Crippen LogP contribution < -0.4 is 10.6 Å². The summed E-state index contributed by atoms with van der Waals surface area (Å²) in [7, 11) is 2.97. The van der Waals surface area contributed by atoms with E-state index in [4.69, 9.17) is 20.5 Å². The van der Waals surface area contributed by atoms with Crippen LogP contribution in [-0.2, 0) is 9.47 Å². The highest BCUT2D eigenvalue weighted by molar-refractivity contribution is 7.17. The highest BCUT2D eigenvalue weighted by Gasteiger charge is 2.30. The van der Waals surface area contributed by atoms with Crippen LogP contribution in [0.15, 0.2) is 0 Å². The minimum atomic E-state index is -0.508. The Bertz CT molecular complexity index is 535. The second-order valence-electron chi connectivity index (χ2n) is 4.22. The van der Waals surface area contributed by atoms with Gasteiger partial charge in [0.2, 0.25) is 0 Å². The molecule has 0 spiro atoms. The molecule has 1 unspecified atom stereocenters. The van der Waals surface area contributed by atoms with E-state index in [0.29, 0.717) is 22.0 Å². The molecule has 1 aromatic rings. The summed E-state index contributed by atoms with van der Waals surface area (Å²) in [5.41, 5.74) is 6.35. The van der Waals surface area contributed by atoms with Gasteiger partial charge in [0.05, 0.1) is 18.9 Å². The van der Waals surface area contributed by atoms with Gasteiger partial charge in [-0.15, -0.1) is 11.3 Å². The second-order valence-corrected chi connectivity index (χ2v) is 5.22. The average Bonchev–Trinajstić information content (AvgIpc) is 3.01. The summed E-state index contributed by atoms with van der Waals surface area (Å²) in [4.78, 5) is 14.2. The third-order valence-electron chi connectivity index (χ3n) is 3.18. The maximum atomic E-state index is 11.8. The van der Waals surface area contributed by atoms with Crippen LogP contribution in [0.25, 0.3) is 0 Å². The van der Waals surface area contributed by atoms with E-state index in [1.807, 2.05) is 11.0 Å². The van der Waals surface area contributed by atoms with Crippen LogP contribution in [0.4, 0.5) is 10.7 Å². The van der Waals surface area contributed by atoms with Crippen LogP contribution in [0.5, 0.6) is 0 Å². The van der Waals surface area contributed by atoms with Crippen LogP contribution in [0.1, 0.15) is 21.7 Å². The fourth-order valence-electron chi connectivity index (χ4n) is 2.14. The van der Waals surface area contributed by atoms with Gasteiger partial charge in [0.15, 0.2) is 0 Å². The number of rotatable bonds is 3. The normalized spacial score (nSPS) is 18.4. The molecule has 102 valence electrons. The van der Waals surface area contributed by atoms with Crippen molar-refractivity contribution < 1.29 is 14.3 Å². The maximum absolute atomic E-state index is 11.8. The van der Waals surface area contributed by atoms with E-state index in [1.54, 1.807) is 7.11 Å². The van der Waals surface area contributed by atoms with Crippen LogP contribution >= 0.6 is 11.3 Å². The first-order valence-corrected chi connectivity index (χ1v) is 6.62. The number of carbonyl (C=O) groups excluding carboxylic acids is 1. The van der Waals surface area contributed by atoms with Crippen molar-refractivity contribution in [2.24, 2.45) is 0 Å². The van der Waals surface area contributed by atoms with Crippen LogP contribution in [0.3, 0.4) is 0 Å². The summed E-state index contributed by atoms with van der Waals surface area (Å²) in [5.74, 6) is -0.508. The number of hydrogen-bond donors (Lipinski definition) is 1. The molecule has 0 radical (unpaired) electrons. The van der Waals surface area contributed by atoms with Gasteiger partial charge >= 0.3 is 5.97 Å². The van der Waals surface area contributed by atoms with Gasteiger partial charge < -0.3 is 20.1 Å². The molecule has 6 nitrogen and oxygen atoms in total. The van der Waals surface area contributed by atoms with Gasteiger partial charge in [-0.2, -0.15) is 5.26 Å². The van der Waals surface area contributed by atoms with Gasteiger partial charge in [-0.05, 0) is 6.42 Å². The maximum Gasteiger partial charge on any atom is 0.343 e. The van der Waals surface area contributed by atoms with Gasteiger partial charge in [-0.3, -0.25) is 0 Å². The fraction of sp³-hybridized carbons (Fsp3) is 0.500. The molecule has 2 rings (SSSR count). The molecular weight excluding hydrogens is 266 g/mol. The zero-order chi connectivity index (χ0) is 14.0. The number of nitrogen functional groups attached to an aromatic ring is 1. The van der Waals surface area contributed by atoms with Crippen molar-refractivity contribution in [2.45, 2.75) is 12.5 Å². The molecule has 19 heavy (non-hydrogen) atoms. The molecule has 1 aliphatic heterocycles.